The van der Waals surface area contributed by atoms with Crippen LogP contribution in [0.3, 0.4) is 0 Å². The zero-order chi connectivity index (χ0) is 23.7. The molecule has 2 aromatic carbocycles. The van der Waals surface area contributed by atoms with Gasteiger partial charge in [0.1, 0.15) is 0 Å². The zero-order valence-electron chi connectivity index (χ0n) is 19.9. The van der Waals surface area contributed by atoms with Crippen molar-refractivity contribution in [2.75, 3.05) is 19.5 Å². The third-order valence-electron chi connectivity index (χ3n) is 7.35. The molecule has 8 heteroatoms. The molecular weight excluding hydrogens is 430 g/mol. The van der Waals surface area contributed by atoms with Crippen LogP contribution in [0.5, 0.6) is 11.5 Å². The van der Waals surface area contributed by atoms with Crippen LogP contribution in [0.25, 0.3) is 22.5 Å². The van der Waals surface area contributed by atoms with E-state index in [2.05, 4.69) is 32.0 Å². The fourth-order valence-corrected chi connectivity index (χ4v) is 5.38. The molecule has 1 aromatic heterocycles. The van der Waals surface area contributed by atoms with Crippen LogP contribution < -0.4 is 14.8 Å². The van der Waals surface area contributed by atoms with Crippen molar-refractivity contribution in [1.29, 1.82) is 0 Å². The number of carbonyl (C=O) groups excluding carboxylic acids is 1. The molecule has 8 nitrogen and oxygen atoms in total. The summed E-state index contributed by atoms with van der Waals surface area (Å²) >= 11 is 0. The van der Waals surface area contributed by atoms with Gasteiger partial charge < -0.3 is 14.8 Å². The highest BCUT2D eigenvalue weighted by Crippen LogP contribution is 2.50. The van der Waals surface area contributed by atoms with E-state index in [1.807, 2.05) is 31.2 Å². The first-order chi connectivity index (χ1) is 16.6. The molecule has 1 amide bonds. The van der Waals surface area contributed by atoms with Gasteiger partial charge in [0.2, 0.25) is 5.91 Å². The third kappa shape index (κ3) is 4.36. The highest BCUT2D eigenvalue weighted by molar-refractivity contribution is 5.97. The van der Waals surface area contributed by atoms with Crippen molar-refractivity contribution in [3.05, 3.63) is 35.9 Å². The van der Waals surface area contributed by atoms with Gasteiger partial charge in [0.15, 0.2) is 17.3 Å². The molecule has 0 saturated heterocycles. The molecule has 2 atom stereocenters. The second-order valence-corrected chi connectivity index (χ2v) is 9.43. The number of H-pyrrole nitrogens is 1. The van der Waals surface area contributed by atoms with Crippen molar-refractivity contribution >= 4 is 11.6 Å². The molecule has 0 radical (unpaired) electrons. The van der Waals surface area contributed by atoms with Gasteiger partial charge in [0.05, 0.1) is 14.2 Å². The summed E-state index contributed by atoms with van der Waals surface area (Å²) in [5.41, 5.74) is 4.43. The van der Waals surface area contributed by atoms with Crippen molar-refractivity contribution < 1.29 is 14.3 Å². The number of nitrogens with zero attached hydrogens (tertiary/aromatic N) is 3. The maximum absolute atomic E-state index is 13.1. The molecule has 0 spiro atoms. The molecule has 1 heterocycles. The lowest BCUT2D eigenvalue weighted by atomic mass is 9.85. The third-order valence-corrected chi connectivity index (χ3v) is 7.35. The molecule has 0 unspecified atom stereocenters. The van der Waals surface area contributed by atoms with Crippen LogP contribution in [0.1, 0.15) is 44.1 Å². The van der Waals surface area contributed by atoms with Gasteiger partial charge in [0, 0.05) is 17.2 Å². The molecular formula is C26H31N5O3. The average molecular weight is 462 g/mol. The summed E-state index contributed by atoms with van der Waals surface area (Å²) in [4.78, 5) is 13.1. The number of nitrogens with one attached hydrogen (secondary N) is 2. The van der Waals surface area contributed by atoms with Gasteiger partial charge in [-0.05, 0) is 76.6 Å². The number of aryl methyl sites for hydroxylation is 1. The number of rotatable bonds is 7. The molecule has 2 saturated carbocycles. The van der Waals surface area contributed by atoms with Crippen LogP contribution in [-0.4, -0.2) is 40.8 Å². The number of anilines is 1. The molecule has 2 aliphatic rings. The van der Waals surface area contributed by atoms with Gasteiger partial charge in [-0.3, -0.25) is 4.79 Å². The summed E-state index contributed by atoms with van der Waals surface area (Å²) in [6.45, 7) is 2.01. The first kappa shape index (κ1) is 22.4. The Morgan fingerprint density at radius 3 is 2.53 bits per heavy atom. The molecule has 2 aliphatic carbocycles. The molecule has 34 heavy (non-hydrogen) atoms. The fourth-order valence-electron chi connectivity index (χ4n) is 5.38. The predicted molar refractivity (Wildman–Crippen MR) is 130 cm³/mol. The Labute approximate surface area is 199 Å². The normalized spacial score (nSPS) is 20.1. The fraction of sp³-hybridized carbons (Fsp3) is 0.462. The first-order valence-electron chi connectivity index (χ1n) is 12.0. The quantitative estimate of drug-likeness (QED) is 0.513. The van der Waals surface area contributed by atoms with Crippen molar-refractivity contribution in [3.63, 3.8) is 0 Å². The van der Waals surface area contributed by atoms with Crippen LogP contribution in [0.2, 0.25) is 0 Å². The van der Waals surface area contributed by atoms with Gasteiger partial charge in [-0.15, -0.1) is 5.10 Å². The van der Waals surface area contributed by atoms with E-state index in [4.69, 9.17) is 9.47 Å². The maximum Gasteiger partial charge on any atom is 0.227 e. The Morgan fingerprint density at radius 1 is 1.03 bits per heavy atom. The van der Waals surface area contributed by atoms with E-state index < -0.39 is 0 Å². The number of aromatic amines is 1. The number of benzene rings is 2. The monoisotopic (exact) mass is 461 g/mol. The van der Waals surface area contributed by atoms with Crippen molar-refractivity contribution in [2.24, 2.45) is 17.8 Å². The summed E-state index contributed by atoms with van der Waals surface area (Å²) in [6, 6.07) is 9.79. The number of amides is 1. The first-order valence-corrected chi connectivity index (χ1v) is 12.0. The minimum atomic E-state index is 0.124. The minimum Gasteiger partial charge on any atom is -0.493 e. The summed E-state index contributed by atoms with van der Waals surface area (Å²) in [6.07, 6.45) is 7.51. The lowest BCUT2D eigenvalue weighted by Crippen LogP contribution is -2.18. The smallest absolute Gasteiger partial charge is 0.227 e. The predicted octanol–water partition coefficient (Wildman–Crippen LogP) is 5.01. The largest absolute Gasteiger partial charge is 0.493 e. The van der Waals surface area contributed by atoms with E-state index in [-0.39, 0.29) is 11.8 Å². The molecule has 178 valence electrons. The Hall–Kier alpha value is -3.42. The van der Waals surface area contributed by atoms with E-state index in [1.165, 1.54) is 32.1 Å². The molecule has 2 fully saturated rings. The van der Waals surface area contributed by atoms with Crippen molar-refractivity contribution in [3.8, 4) is 34.0 Å². The summed E-state index contributed by atoms with van der Waals surface area (Å²) in [5.74, 6) is 3.35. The number of ether oxygens (including phenoxy) is 2. The lowest BCUT2D eigenvalue weighted by molar-refractivity contribution is -0.117. The molecule has 0 bridgehead atoms. The minimum absolute atomic E-state index is 0.124. The average Bonchev–Trinajstić information content (AvgIpc) is 3.50. The topological polar surface area (TPSA) is 102 Å². The SMILES string of the molecule is COc1ccc(-c2cc(C)c(NC(=O)[C@@H]3C[C@H]3C3CCCCC3)cc2-c2nnn[nH]2)cc1OC. The number of carbonyl (C=O) groups is 1. The highest BCUT2D eigenvalue weighted by Gasteiger charge is 2.47. The maximum atomic E-state index is 13.1. The lowest BCUT2D eigenvalue weighted by Gasteiger charge is -2.21. The number of hydrogen-bond donors (Lipinski definition) is 2. The molecule has 2 N–H and O–H groups in total. The number of aromatic nitrogens is 4. The van der Waals surface area contributed by atoms with Crippen LogP contribution in [-0.2, 0) is 4.79 Å². The van der Waals surface area contributed by atoms with Crippen LogP contribution >= 0.6 is 0 Å². The van der Waals surface area contributed by atoms with Crippen LogP contribution in [0.15, 0.2) is 30.3 Å². The van der Waals surface area contributed by atoms with E-state index in [0.29, 0.717) is 29.2 Å². The van der Waals surface area contributed by atoms with Gasteiger partial charge in [-0.2, -0.15) is 0 Å². The van der Waals surface area contributed by atoms with Gasteiger partial charge >= 0.3 is 0 Å². The molecule has 3 aromatic rings. The van der Waals surface area contributed by atoms with Gasteiger partial charge in [-0.25, -0.2) is 5.10 Å². The summed E-state index contributed by atoms with van der Waals surface area (Å²) in [7, 11) is 3.23. The Balaban J connectivity index is 1.44. The van der Waals surface area contributed by atoms with E-state index >= 15 is 0 Å². The van der Waals surface area contributed by atoms with Crippen LogP contribution in [0.4, 0.5) is 5.69 Å². The van der Waals surface area contributed by atoms with E-state index in [1.54, 1.807) is 14.2 Å². The second kappa shape index (κ2) is 9.44. The van der Waals surface area contributed by atoms with Crippen molar-refractivity contribution in [1.82, 2.24) is 20.6 Å². The Morgan fingerprint density at radius 2 is 1.82 bits per heavy atom. The van der Waals surface area contributed by atoms with Crippen LogP contribution in [0, 0.1) is 24.7 Å². The number of tetrazole rings is 1. The standard InChI is InChI=1S/C26H31N5O3/c1-15-11-18(17-9-10-23(33-2)24(12-17)34-3)20(25-28-30-31-29-25)14-22(15)27-26(32)21-13-19(21)16-7-5-4-6-8-16/h9-12,14,16,19,21H,4-8,13H2,1-3H3,(H,27,32)(H,28,29,30,31)/t19-,21+/m0/s1. The van der Waals surface area contributed by atoms with Crippen molar-refractivity contribution in [2.45, 2.75) is 45.4 Å². The Kier molecular flexibility index (Phi) is 6.22. The Bertz CT molecular complexity index is 1170. The van der Waals surface area contributed by atoms with Gasteiger partial charge in [-0.1, -0.05) is 38.2 Å². The van der Waals surface area contributed by atoms with E-state index in [9.17, 15) is 4.79 Å². The zero-order valence-corrected chi connectivity index (χ0v) is 19.9. The number of hydrogen-bond acceptors (Lipinski definition) is 6. The summed E-state index contributed by atoms with van der Waals surface area (Å²) < 4.78 is 10.9. The summed E-state index contributed by atoms with van der Waals surface area (Å²) in [5, 5.41) is 17.7. The number of methoxy groups -OCH3 is 2. The second-order valence-electron chi connectivity index (χ2n) is 9.43. The highest BCUT2D eigenvalue weighted by atomic mass is 16.5. The molecule has 5 rings (SSSR count). The molecule has 0 aliphatic heterocycles. The van der Waals surface area contributed by atoms with E-state index in [0.717, 1.165) is 34.4 Å². The van der Waals surface area contributed by atoms with Gasteiger partial charge in [0.25, 0.3) is 0 Å².